The van der Waals surface area contributed by atoms with Crippen molar-refractivity contribution in [1.82, 2.24) is 19.8 Å². The monoisotopic (exact) mass is 477 g/mol. The van der Waals surface area contributed by atoms with Crippen molar-refractivity contribution in [3.63, 3.8) is 0 Å². The molecule has 3 heterocycles. The van der Waals surface area contributed by atoms with Crippen molar-refractivity contribution in [3.05, 3.63) is 30.0 Å². The molecule has 5 rings (SSSR count). The summed E-state index contributed by atoms with van der Waals surface area (Å²) >= 11 is 0. The third-order valence-corrected chi connectivity index (χ3v) is 6.14. The number of hydrogen-bond acceptors (Lipinski definition) is 6. The van der Waals surface area contributed by atoms with Gasteiger partial charge in [-0.2, -0.15) is 9.61 Å². The summed E-state index contributed by atoms with van der Waals surface area (Å²) in [6.45, 7) is 5.27. The van der Waals surface area contributed by atoms with Gasteiger partial charge in [-0.15, -0.1) is 23.4 Å². The lowest BCUT2D eigenvalue weighted by molar-refractivity contribution is -0.274. The SMILES string of the molecule is CC.CN1CCOc2c1c(CC1CCCCC1)nn1c(-c3cccc(OC(F)(F)F)c3)nnc21. The van der Waals surface area contributed by atoms with Crippen LogP contribution in [0.4, 0.5) is 18.9 Å². The van der Waals surface area contributed by atoms with Gasteiger partial charge in [-0.3, -0.25) is 0 Å². The molecule has 0 unspecified atom stereocenters. The number of ether oxygens (including phenoxy) is 2. The molecule has 0 radical (unpaired) electrons. The third-order valence-electron chi connectivity index (χ3n) is 6.14. The Labute approximate surface area is 196 Å². The Morgan fingerprint density at radius 1 is 1.12 bits per heavy atom. The molecule has 2 aromatic heterocycles. The number of nitrogens with zero attached hydrogens (tertiary/aromatic N) is 5. The average Bonchev–Trinajstić information content (AvgIpc) is 3.24. The Morgan fingerprint density at radius 2 is 1.88 bits per heavy atom. The minimum Gasteiger partial charge on any atom is -0.486 e. The van der Waals surface area contributed by atoms with Crippen molar-refractivity contribution >= 4 is 11.3 Å². The van der Waals surface area contributed by atoms with E-state index in [0.717, 1.165) is 24.3 Å². The van der Waals surface area contributed by atoms with Crippen LogP contribution in [0.25, 0.3) is 17.0 Å². The molecule has 7 nitrogen and oxygen atoms in total. The standard InChI is InChI=1S/C22H24F3N5O2.C2H6/c1-29-10-11-31-19-18(29)17(12-14-6-3-2-4-7-14)28-30-20(26-27-21(19)30)15-8-5-9-16(13-15)32-22(23,24)25;1-2/h5,8-9,13-14H,2-4,6-7,10-12H2,1H3;1-2H3. The highest BCUT2D eigenvalue weighted by Gasteiger charge is 2.32. The largest absolute Gasteiger partial charge is 0.573 e. The molecular weight excluding hydrogens is 447 g/mol. The van der Waals surface area contributed by atoms with E-state index in [0.29, 0.717) is 35.3 Å². The molecule has 184 valence electrons. The maximum absolute atomic E-state index is 12.7. The highest BCUT2D eigenvalue weighted by atomic mass is 19.4. The van der Waals surface area contributed by atoms with Gasteiger partial charge in [0.2, 0.25) is 5.65 Å². The van der Waals surface area contributed by atoms with Crippen LogP contribution in [0.2, 0.25) is 0 Å². The van der Waals surface area contributed by atoms with Crippen LogP contribution >= 0.6 is 0 Å². The van der Waals surface area contributed by atoms with Crippen LogP contribution in [0.1, 0.15) is 51.6 Å². The normalized spacial score (nSPS) is 16.5. The number of likely N-dealkylation sites (N-methyl/N-ethyl adjacent to an activating group) is 1. The van der Waals surface area contributed by atoms with E-state index < -0.39 is 6.36 Å². The molecule has 1 aromatic carbocycles. The first-order valence-electron chi connectivity index (χ1n) is 11.9. The lowest BCUT2D eigenvalue weighted by Crippen LogP contribution is -2.31. The van der Waals surface area contributed by atoms with Crippen LogP contribution in [0.5, 0.6) is 11.5 Å². The molecule has 34 heavy (non-hydrogen) atoms. The summed E-state index contributed by atoms with van der Waals surface area (Å²) in [5.74, 6) is 1.21. The highest BCUT2D eigenvalue weighted by molar-refractivity contribution is 5.75. The van der Waals surface area contributed by atoms with E-state index in [9.17, 15) is 13.2 Å². The van der Waals surface area contributed by atoms with E-state index in [1.54, 1.807) is 10.6 Å². The Bertz CT molecular complexity index is 1130. The van der Waals surface area contributed by atoms with Crippen LogP contribution < -0.4 is 14.4 Å². The predicted octanol–water partition coefficient (Wildman–Crippen LogP) is 5.67. The van der Waals surface area contributed by atoms with Gasteiger partial charge in [0.25, 0.3) is 0 Å². The number of aromatic nitrogens is 4. The molecule has 0 saturated heterocycles. The molecule has 0 atom stereocenters. The zero-order valence-corrected chi connectivity index (χ0v) is 19.7. The van der Waals surface area contributed by atoms with E-state index in [4.69, 9.17) is 9.84 Å². The second kappa shape index (κ2) is 10.1. The lowest BCUT2D eigenvalue weighted by atomic mass is 9.85. The summed E-state index contributed by atoms with van der Waals surface area (Å²) in [5.41, 5.74) is 2.73. The van der Waals surface area contributed by atoms with Gasteiger partial charge in [0.15, 0.2) is 11.6 Å². The van der Waals surface area contributed by atoms with Crippen LogP contribution in [0.3, 0.4) is 0 Å². The molecular formula is C24H30F3N5O2. The Balaban J connectivity index is 0.00000133. The maximum Gasteiger partial charge on any atom is 0.573 e. The van der Waals surface area contributed by atoms with Crippen molar-refractivity contribution in [3.8, 4) is 22.9 Å². The van der Waals surface area contributed by atoms with E-state index >= 15 is 0 Å². The Kier molecular flexibility index (Phi) is 7.13. The zero-order chi connectivity index (χ0) is 24.3. The molecule has 1 fully saturated rings. The summed E-state index contributed by atoms with van der Waals surface area (Å²) in [6, 6.07) is 5.69. The molecule has 2 aliphatic rings. The van der Waals surface area contributed by atoms with Crippen molar-refractivity contribution < 1.29 is 22.6 Å². The molecule has 0 amide bonds. The maximum atomic E-state index is 12.7. The number of anilines is 1. The third kappa shape index (κ3) is 5.05. The topological polar surface area (TPSA) is 64.8 Å². The quantitative estimate of drug-likeness (QED) is 0.483. The number of hydrogen-bond donors (Lipinski definition) is 0. The number of rotatable bonds is 4. The van der Waals surface area contributed by atoms with Crippen molar-refractivity contribution in [2.45, 2.75) is 58.7 Å². The first-order chi connectivity index (χ1) is 16.4. The predicted molar refractivity (Wildman–Crippen MR) is 123 cm³/mol. The summed E-state index contributed by atoms with van der Waals surface area (Å²) in [4.78, 5) is 2.14. The van der Waals surface area contributed by atoms with E-state index in [1.165, 1.54) is 50.3 Å². The fourth-order valence-corrected chi connectivity index (χ4v) is 4.66. The van der Waals surface area contributed by atoms with Crippen LogP contribution in [-0.2, 0) is 6.42 Å². The molecule has 0 bridgehead atoms. The molecule has 10 heteroatoms. The van der Waals surface area contributed by atoms with Gasteiger partial charge in [0, 0.05) is 12.6 Å². The Morgan fingerprint density at radius 3 is 2.62 bits per heavy atom. The van der Waals surface area contributed by atoms with Gasteiger partial charge in [-0.25, -0.2) is 0 Å². The van der Waals surface area contributed by atoms with Gasteiger partial charge >= 0.3 is 6.36 Å². The molecule has 3 aromatic rings. The molecule has 1 saturated carbocycles. The van der Waals surface area contributed by atoms with Gasteiger partial charge in [-0.05, 0) is 24.5 Å². The highest BCUT2D eigenvalue weighted by Crippen LogP contribution is 2.40. The summed E-state index contributed by atoms with van der Waals surface area (Å²) in [6.07, 6.45) is 2.12. The van der Waals surface area contributed by atoms with E-state index in [2.05, 4.69) is 19.8 Å². The second-order valence-corrected chi connectivity index (χ2v) is 8.44. The van der Waals surface area contributed by atoms with Gasteiger partial charge < -0.3 is 14.4 Å². The number of fused-ring (bicyclic) bond motifs is 3. The van der Waals surface area contributed by atoms with Crippen LogP contribution in [0, 0.1) is 5.92 Å². The van der Waals surface area contributed by atoms with Crippen molar-refractivity contribution in [2.24, 2.45) is 5.92 Å². The van der Waals surface area contributed by atoms with Crippen LogP contribution in [0.15, 0.2) is 24.3 Å². The molecule has 1 aliphatic heterocycles. The van der Waals surface area contributed by atoms with Crippen molar-refractivity contribution in [2.75, 3.05) is 25.1 Å². The number of benzene rings is 1. The smallest absolute Gasteiger partial charge is 0.486 e. The van der Waals surface area contributed by atoms with Gasteiger partial charge in [0.1, 0.15) is 18.0 Å². The fourth-order valence-electron chi connectivity index (χ4n) is 4.66. The zero-order valence-electron chi connectivity index (χ0n) is 19.7. The van der Waals surface area contributed by atoms with Gasteiger partial charge in [-0.1, -0.05) is 58.1 Å². The van der Waals surface area contributed by atoms with Crippen molar-refractivity contribution in [1.29, 1.82) is 0 Å². The summed E-state index contributed by atoms with van der Waals surface area (Å²) in [5, 5.41) is 13.4. The summed E-state index contributed by atoms with van der Waals surface area (Å²) in [7, 11) is 2.01. The number of halogens is 3. The molecule has 0 spiro atoms. The second-order valence-electron chi connectivity index (χ2n) is 8.44. The molecule has 0 N–H and O–H groups in total. The minimum atomic E-state index is -4.77. The summed E-state index contributed by atoms with van der Waals surface area (Å²) < 4.78 is 49.7. The molecule has 1 aliphatic carbocycles. The van der Waals surface area contributed by atoms with E-state index in [1.807, 2.05) is 20.9 Å². The first-order valence-corrected chi connectivity index (χ1v) is 11.9. The lowest BCUT2D eigenvalue weighted by Gasteiger charge is -2.30. The van der Waals surface area contributed by atoms with Crippen LogP contribution in [-0.4, -0.2) is 46.4 Å². The fraction of sp³-hybridized carbons (Fsp3) is 0.542. The average molecular weight is 478 g/mol. The minimum absolute atomic E-state index is 0.317. The van der Waals surface area contributed by atoms with Gasteiger partial charge in [0.05, 0.1) is 12.2 Å². The first kappa shape index (κ1) is 24.1. The number of alkyl halides is 3. The Hall–Kier alpha value is -3.04. The van der Waals surface area contributed by atoms with E-state index in [-0.39, 0.29) is 5.75 Å².